The molecule has 0 unspecified atom stereocenters. The Labute approximate surface area is 99.0 Å². The van der Waals surface area contributed by atoms with E-state index in [0.29, 0.717) is 19.0 Å². The minimum atomic E-state index is 0.0359. The number of aliphatic hydroxyl groups excluding tert-OH is 1. The van der Waals surface area contributed by atoms with E-state index in [9.17, 15) is 4.79 Å². The Bertz CT molecular complexity index is 193. The van der Waals surface area contributed by atoms with Crippen LogP contribution in [0.4, 0.5) is 0 Å². The summed E-state index contributed by atoms with van der Waals surface area (Å²) >= 11 is 0. The van der Waals surface area contributed by atoms with Crippen LogP contribution < -0.4 is 5.32 Å². The highest BCUT2D eigenvalue weighted by Crippen LogP contribution is 2.03. The smallest absolute Gasteiger partial charge is 0.222 e. The topological polar surface area (TPSA) is 52.6 Å². The molecule has 96 valence electrons. The Morgan fingerprint density at radius 2 is 1.94 bits per heavy atom. The summed E-state index contributed by atoms with van der Waals surface area (Å²) in [5.41, 5.74) is 0. The summed E-state index contributed by atoms with van der Waals surface area (Å²) in [7, 11) is 0. The van der Waals surface area contributed by atoms with E-state index < -0.39 is 0 Å². The molecule has 0 aromatic carbocycles. The fraction of sp³-hybridized carbons (Fsp3) is 0.917. The summed E-state index contributed by atoms with van der Waals surface area (Å²) in [4.78, 5) is 13.5. The summed E-state index contributed by atoms with van der Waals surface area (Å²) in [6.07, 6.45) is 1.41. The molecule has 0 fully saturated rings. The van der Waals surface area contributed by atoms with E-state index in [0.717, 1.165) is 13.0 Å². The van der Waals surface area contributed by atoms with Gasteiger partial charge in [0.2, 0.25) is 5.91 Å². The third-order valence-corrected chi connectivity index (χ3v) is 2.40. The molecule has 0 heterocycles. The first-order valence-corrected chi connectivity index (χ1v) is 6.12. The first-order chi connectivity index (χ1) is 7.49. The standard InChI is InChI=1S/C12H26N2O2/c1-10(2)13-7-5-6-12(16)14(8-9-15)11(3)4/h10-11,13,15H,5-9H2,1-4H3. The first-order valence-electron chi connectivity index (χ1n) is 6.12. The average molecular weight is 230 g/mol. The van der Waals surface area contributed by atoms with Crippen LogP contribution in [0, 0.1) is 0 Å². The zero-order valence-electron chi connectivity index (χ0n) is 11.0. The van der Waals surface area contributed by atoms with E-state index in [2.05, 4.69) is 19.2 Å². The lowest BCUT2D eigenvalue weighted by molar-refractivity contribution is -0.133. The molecule has 0 atom stereocenters. The predicted molar refractivity (Wildman–Crippen MR) is 66.3 cm³/mol. The zero-order chi connectivity index (χ0) is 12.6. The molecule has 16 heavy (non-hydrogen) atoms. The van der Waals surface area contributed by atoms with E-state index >= 15 is 0 Å². The molecule has 0 saturated heterocycles. The van der Waals surface area contributed by atoms with Crippen LogP contribution in [0.5, 0.6) is 0 Å². The maximum absolute atomic E-state index is 11.8. The molecule has 0 saturated carbocycles. The number of aliphatic hydroxyl groups is 1. The van der Waals surface area contributed by atoms with E-state index in [1.165, 1.54) is 0 Å². The van der Waals surface area contributed by atoms with Crippen LogP contribution in [0.2, 0.25) is 0 Å². The van der Waals surface area contributed by atoms with Gasteiger partial charge >= 0.3 is 0 Å². The van der Waals surface area contributed by atoms with Crippen molar-refractivity contribution in [1.29, 1.82) is 0 Å². The molecule has 0 radical (unpaired) electrons. The van der Waals surface area contributed by atoms with E-state index in [1.54, 1.807) is 4.90 Å². The number of carbonyl (C=O) groups is 1. The van der Waals surface area contributed by atoms with E-state index in [1.807, 2.05) is 13.8 Å². The van der Waals surface area contributed by atoms with Crippen molar-refractivity contribution in [2.75, 3.05) is 19.7 Å². The van der Waals surface area contributed by atoms with E-state index in [-0.39, 0.29) is 18.6 Å². The maximum atomic E-state index is 11.8. The van der Waals surface area contributed by atoms with Crippen molar-refractivity contribution in [2.24, 2.45) is 0 Å². The number of amides is 1. The van der Waals surface area contributed by atoms with Gasteiger partial charge in [-0.2, -0.15) is 0 Å². The van der Waals surface area contributed by atoms with Crippen LogP contribution >= 0.6 is 0 Å². The van der Waals surface area contributed by atoms with Crippen molar-refractivity contribution < 1.29 is 9.90 Å². The second-order valence-electron chi connectivity index (χ2n) is 4.62. The van der Waals surface area contributed by atoms with Crippen LogP contribution in [-0.2, 0) is 4.79 Å². The van der Waals surface area contributed by atoms with Crippen LogP contribution in [-0.4, -0.2) is 47.7 Å². The third-order valence-electron chi connectivity index (χ3n) is 2.40. The maximum Gasteiger partial charge on any atom is 0.222 e. The molecule has 0 spiro atoms. The molecule has 0 aliphatic heterocycles. The van der Waals surface area contributed by atoms with Gasteiger partial charge in [0.25, 0.3) is 0 Å². The Morgan fingerprint density at radius 1 is 1.31 bits per heavy atom. The van der Waals surface area contributed by atoms with Crippen LogP contribution in [0.1, 0.15) is 40.5 Å². The van der Waals surface area contributed by atoms with Gasteiger partial charge in [0, 0.05) is 25.0 Å². The Hall–Kier alpha value is -0.610. The van der Waals surface area contributed by atoms with Crippen LogP contribution in [0.15, 0.2) is 0 Å². The summed E-state index contributed by atoms with van der Waals surface area (Å²) in [6.45, 7) is 9.47. The highest BCUT2D eigenvalue weighted by atomic mass is 16.3. The van der Waals surface area contributed by atoms with Gasteiger partial charge < -0.3 is 15.3 Å². The van der Waals surface area contributed by atoms with Crippen molar-refractivity contribution in [1.82, 2.24) is 10.2 Å². The van der Waals surface area contributed by atoms with E-state index in [4.69, 9.17) is 5.11 Å². The summed E-state index contributed by atoms with van der Waals surface area (Å²) in [5, 5.41) is 12.2. The fourth-order valence-electron chi connectivity index (χ4n) is 1.55. The van der Waals surface area contributed by atoms with Gasteiger partial charge in [-0.1, -0.05) is 13.8 Å². The largest absolute Gasteiger partial charge is 0.395 e. The Kier molecular flexibility index (Phi) is 8.21. The minimum absolute atomic E-state index is 0.0359. The van der Waals surface area contributed by atoms with Gasteiger partial charge in [-0.05, 0) is 26.8 Å². The number of rotatable bonds is 8. The number of nitrogens with one attached hydrogen (secondary N) is 1. The lowest BCUT2D eigenvalue weighted by Crippen LogP contribution is -2.39. The monoisotopic (exact) mass is 230 g/mol. The lowest BCUT2D eigenvalue weighted by atomic mass is 10.2. The number of hydrogen-bond acceptors (Lipinski definition) is 3. The number of nitrogens with zero attached hydrogens (tertiary/aromatic N) is 1. The molecular formula is C12H26N2O2. The van der Waals surface area contributed by atoms with Crippen molar-refractivity contribution >= 4 is 5.91 Å². The molecule has 4 heteroatoms. The molecule has 0 aliphatic carbocycles. The fourth-order valence-corrected chi connectivity index (χ4v) is 1.55. The first kappa shape index (κ1) is 15.4. The van der Waals surface area contributed by atoms with Crippen LogP contribution in [0.3, 0.4) is 0 Å². The lowest BCUT2D eigenvalue weighted by Gasteiger charge is -2.26. The SMILES string of the molecule is CC(C)NCCCC(=O)N(CCO)C(C)C. The minimum Gasteiger partial charge on any atom is -0.395 e. The highest BCUT2D eigenvalue weighted by Gasteiger charge is 2.15. The molecule has 0 aliphatic rings. The van der Waals surface area contributed by atoms with Crippen LogP contribution in [0.25, 0.3) is 0 Å². The molecule has 2 N–H and O–H groups in total. The Balaban J connectivity index is 3.83. The van der Waals surface area contributed by atoms with Gasteiger partial charge in [-0.25, -0.2) is 0 Å². The third kappa shape index (κ3) is 6.80. The van der Waals surface area contributed by atoms with Crippen molar-refractivity contribution in [2.45, 2.75) is 52.6 Å². The highest BCUT2D eigenvalue weighted by molar-refractivity contribution is 5.76. The molecule has 0 aromatic heterocycles. The van der Waals surface area contributed by atoms with Gasteiger partial charge in [-0.15, -0.1) is 0 Å². The second kappa shape index (κ2) is 8.53. The number of carbonyl (C=O) groups excluding carboxylic acids is 1. The average Bonchev–Trinajstić information content (AvgIpc) is 2.19. The van der Waals surface area contributed by atoms with Gasteiger partial charge in [0.15, 0.2) is 0 Å². The summed E-state index contributed by atoms with van der Waals surface area (Å²) < 4.78 is 0. The zero-order valence-corrected chi connectivity index (χ0v) is 11.0. The molecular weight excluding hydrogens is 204 g/mol. The quantitative estimate of drug-likeness (QED) is 0.612. The van der Waals surface area contributed by atoms with Gasteiger partial charge in [-0.3, -0.25) is 4.79 Å². The Morgan fingerprint density at radius 3 is 2.38 bits per heavy atom. The van der Waals surface area contributed by atoms with Crippen molar-refractivity contribution in [3.63, 3.8) is 0 Å². The molecule has 0 aromatic rings. The van der Waals surface area contributed by atoms with Crippen molar-refractivity contribution in [3.8, 4) is 0 Å². The van der Waals surface area contributed by atoms with Crippen molar-refractivity contribution in [3.05, 3.63) is 0 Å². The molecule has 0 bridgehead atoms. The molecule has 0 rings (SSSR count). The van der Waals surface area contributed by atoms with Gasteiger partial charge in [0.05, 0.1) is 6.61 Å². The summed E-state index contributed by atoms with van der Waals surface area (Å²) in [5.74, 6) is 0.134. The number of hydrogen-bond donors (Lipinski definition) is 2. The summed E-state index contributed by atoms with van der Waals surface area (Å²) in [6, 6.07) is 0.631. The molecule has 4 nitrogen and oxygen atoms in total. The normalized spacial score (nSPS) is 11.2. The predicted octanol–water partition coefficient (Wildman–Crippen LogP) is 0.994. The molecule has 1 amide bonds. The van der Waals surface area contributed by atoms with Gasteiger partial charge in [0.1, 0.15) is 0 Å². The second-order valence-corrected chi connectivity index (χ2v) is 4.62.